The summed E-state index contributed by atoms with van der Waals surface area (Å²) in [6, 6.07) is 9.29. The molecule has 0 spiro atoms. The Labute approximate surface area is 120 Å². The van der Waals surface area contributed by atoms with Gasteiger partial charge in [0.2, 0.25) is 0 Å². The second-order valence-electron chi connectivity index (χ2n) is 4.94. The van der Waals surface area contributed by atoms with E-state index in [9.17, 15) is 13.2 Å². The predicted molar refractivity (Wildman–Crippen MR) is 73.6 cm³/mol. The van der Waals surface area contributed by atoms with Crippen molar-refractivity contribution in [3.8, 4) is 0 Å². The molecule has 0 radical (unpaired) electrons. The van der Waals surface area contributed by atoms with Crippen molar-refractivity contribution in [1.82, 2.24) is 0 Å². The maximum Gasteiger partial charge on any atom is 0.182 e. The highest BCUT2D eigenvalue weighted by molar-refractivity contribution is 5.46. The predicted octanol–water partition coefficient (Wildman–Crippen LogP) is 3.83. The van der Waals surface area contributed by atoms with Gasteiger partial charge in [-0.25, -0.2) is 13.2 Å². The summed E-state index contributed by atoms with van der Waals surface area (Å²) in [5, 5.41) is 2.73. The van der Waals surface area contributed by atoms with E-state index in [-0.39, 0.29) is 18.3 Å². The highest BCUT2D eigenvalue weighted by atomic mass is 19.2. The molecule has 0 aromatic heterocycles. The van der Waals surface area contributed by atoms with Gasteiger partial charge in [0.1, 0.15) is 5.82 Å². The van der Waals surface area contributed by atoms with Crippen LogP contribution in [0, 0.1) is 17.5 Å². The molecule has 0 saturated carbocycles. The van der Waals surface area contributed by atoms with Gasteiger partial charge < -0.3 is 10.1 Å². The van der Waals surface area contributed by atoms with Gasteiger partial charge in [-0.2, -0.15) is 0 Å². The van der Waals surface area contributed by atoms with Crippen LogP contribution < -0.4 is 5.32 Å². The van der Waals surface area contributed by atoms with Gasteiger partial charge in [-0.3, -0.25) is 0 Å². The fourth-order valence-corrected chi connectivity index (χ4v) is 2.53. The van der Waals surface area contributed by atoms with Gasteiger partial charge in [-0.05, 0) is 17.5 Å². The van der Waals surface area contributed by atoms with Crippen LogP contribution in [0.5, 0.6) is 0 Å². The van der Waals surface area contributed by atoms with Crippen LogP contribution in [0.4, 0.5) is 18.9 Å². The van der Waals surface area contributed by atoms with E-state index in [1.165, 1.54) is 5.56 Å². The number of anilines is 1. The average Bonchev–Trinajstić information content (AvgIpc) is 2.49. The van der Waals surface area contributed by atoms with Crippen LogP contribution in [0.1, 0.15) is 17.2 Å². The molecule has 0 bridgehead atoms. The molecule has 1 unspecified atom stereocenters. The quantitative estimate of drug-likeness (QED) is 0.868. The molecular weight excluding hydrogens is 279 g/mol. The molecule has 0 aliphatic carbocycles. The van der Waals surface area contributed by atoms with Crippen LogP contribution in [-0.2, 0) is 11.2 Å². The summed E-state index contributed by atoms with van der Waals surface area (Å²) in [5.74, 6) is -3.11. The third-order valence-electron chi connectivity index (χ3n) is 3.56. The molecule has 0 fully saturated rings. The van der Waals surface area contributed by atoms with Crippen LogP contribution in [0.25, 0.3) is 0 Å². The molecule has 5 heteroatoms. The summed E-state index contributed by atoms with van der Waals surface area (Å²) in [6.07, 6.45) is 0.566. The SMILES string of the molecule is Fc1cc(F)c(F)c(NCC2OCCc3ccccc32)c1. The number of nitrogens with one attached hydrogen (secondary N) is 1. The van der Waals surface area contributed by atoms with E-state index < -0.39 is 17.5 Å². The maximum atomic E-state index is 13.6. The molecule has 21 heavy (non-hydrogen) atoms. The molecule has 0 saturated heterocycles. The summed E-state index contributed by atoms with van der Waals surface area (Å²) in [6.45, 7) is 0.820. The fourth-order valence-electron chi connectivity index (χ4n) is 2.53. The molecule has 2 aromatic carbocycles. The van der Waals surface area contributed by atoms with Crippen LogP contribution in [0.15, 0.2) is 36.4 Å². The molecule has 1 aliphatic heterocycles. The standard InChI is InChI=1S/C16H14F3NO/c17-11-7-13(18)16(19)14(8-11)20-9-15-12-4-2-1-3-10(12)5-6-21-15/h1-4,7-8,15,20H,5-6,9H2. The lowest BCUT2D eigenvalue weighted by Crippen LogP contribution is -2.23. The monoisotopic (exact) mass is 293 g/mol. The lowest BCUT2D eigenvalue weighted by molar-refractivity contribution is 0.0513. The summed E-state index contributed by atoms with van der Waals surface area (Å²) >= 11 is 0. The smallest absolute Gasteiger partial charge is 0.182 e. The summed E-state index contributed by atoms with van der Waals surface area (Å²) in [4.78, 5) is 0. The normalized spacial score (nSPS) is 17.4. The van der Waals surface area contributed by atoms with Crippen molar-refractivity contribution >= 4 is 5.69 Å². The van der Waals surface area contributed by atoms with Crippen molar-refractivity contribution in [1.29, 1.82) is 0 Å². The van der Waals surface area contributed by atoms with E-state index in [4.69, 9.17) is 4.74 Å². The van der Waals surface area contributed by atoms with E-state index in [0.717, 1.165) is 18.1 Å². The first-order valence-electron chi connectivity index (χ1n) is 6.73. The first-order chi connectivity index (χ1) is 10.1. The molecule has 2 aromatic rings. The van der Waals surface area contributed by atoms with Crippen molar-refractivity contribution in [3.05, 3.63) is 65.0 Å². The molecule has 1 heterocycles. The van der Waals surface area contributed by atoms with Gasteiger partial charge in [0, 0.05) is 18.7 Å². The highest BCUT2D eigenvalue weighted by Gasteiger charge is 2.21. The number of ether oxygens (including phenoxy) is 1. The summed E-state index contributed by atoms with van der Waals surface area (Å²) in [5.41, 5.74) is 2.01. The van der Waals surface area contributed by atoms with Crippen molar-refractivity contribution < 1.29 is 17.9 Å². The Morgan fingerprint density at radius 1 is 1.14 bits per heavy atom. The van der Waals surface area contributed by atoms with Gasteiger partial charge in [0.25, 0.3) is 0 Å². The Kier molecular flexibility index (Phi) is 3.84. The van der Waals surface area contributed by atoms with Crippen molar-refractivity contribution in [2.75, 3.05) is 18.5 Å². The zero-order valence-electron chi connectivity index (χ0n) is 11.2. The largest absolute Gasteiger partial charge is 0.380 e. The highest BCUT2D eigenvalue weighted by Crippen LogP contribution is 2.28. The lowest BCUT2D eigenvalue weighted by atomic mass is 9.97. The lowest BCUT2D eigenvalue weighted by Gasteiger charge is -2.26. The third kappa shape index (κ3) is 2.88. The molecule has 0 amide bonds. The molecule has 1 N–H and O–H groups in total. The Hall–Kier alpha value is -2.01. The summed E-state index contributed by atoms with van der Waals surface area (Å²) < 4.78 is 45.5. The summed E-state index contributed by atoms with van der Waals surface area (Å²) in [7, 11) is 0. The van der Waals surface area contributed by atoms with Gasteiger partial charge in [-0.15, -0.1) is 0 Å². The molecule has 2 nitrogen and oxygen atoms in total. The Balaban J connectivity index is 1.78. The number of rotatable bonds is 3. The Morgan fingerprint density at radius 2 is 1.95 bits per heavy atom. The molecule has 3 rings (SSSR count). The minimum absolute atomic E-state index is 0.195. The van der Waals surface area contributed by atoms with E-state index in [0.29, 0.717) is 12.7 Å². The van der Waals surface area contributed by atoms with Crippen LogP contribution in [0.2, 0.25) is 0 Å². The fraction of sp³-hybridized carbons (Fsp3) is 0.250. The second-order valence-corrected chi connectivity index (χ2v) is 4.94. The minimum Gasteiger partial charge on any atom is -0.380 e. The number of fused-ring (bicyclic) bond motifs is 1. The zero-order valence-corrected chi connectivity index (χ0v) is 11.2. The van der Waals surface area contributed by atoms with Gasteiger partial charge >= 0.3 is 0 Å². The van der Waals surface area contributed by atoms with Crippen molar-refractivity contribution in [2.24, 2.45) is 0 Å². The third-order valence-corrected chi connectivity index (χ3v) is 3.56. The number of benzene rings is 2. The van der Waals surface area contributed by atoms with E-state index in [1.807, 2.05) is 24.3 Å². The van der Waals surface area contributed by atoms with Gasteiger partial charge in [0.15, 0.2) is 11.6 Å². The average molecular weight is 293 g/mol. The van der Waals surface area contributed by atoms with Crippen molar-refractivity contribution in [2.45, 2.75) is 12.5 Å². The maximum absolute atomic E-state index is 13.6. The van der Waals surface area contributed by atoms with E-state index >= 15 is 0 Å². The van der Waals surface area contributed by atoms with Crippen LogP contribution in [0.3, 0.4) is 0 Å². The Bertz CT molecular complexity index is 660. The zero-order chi connectivity index (χ0) is 14.8. The van der Waals surface area contributed by atoms with Crippen molar-refractivity contribution in [3.63, 3.8) is 0 Å². The topological polar surface area (TPSA) is 21.3 Å². The Morgan fingerprint density at radius 3 is 2.81 bits per heavy atom. The first kappa shape index (κ1) is 13.9. The number of halogens is 3. The minimum atomic E-state index is -1.21. The van der Waals surface area contributed by atoms with Crippen LogP contribution in [-0.4, -0.2) is 13.2 Å². The number of hydrogen-bond acceptors (Lipinski definition) is 2. The van der Waals surface area contributed by atoms with Gasteiger partial charge in [0.05, 0.1) is 18.4 Å². The molecule has 110 valence electrons. The van der Waals surface area contributed by atoms with E-state index in [2.05, 4.69) is 5.32 Å². The molecule has 1 aliphatic rings. The van der Waals surface area contributed by atoms with Gasteiger partial charge in [-0.1, -0.05) is 24.3 Å². The first-order valence-corrected chi connectivity index (χ1v) is 6.73. The van der Waals surface area contributed by atoms with Crippen LogP contribution >= 0.6 is 0 Å². The molecule has 1 atom stereocenters. The van der Waals surface area contributed by atoms with E-state index in [1.54, 1.807) is 0 Å². The second kappa shape index (κ2) is 5.77. The molecular formula is C16H14F3NO. The number of hydrogen-bond donors (Lipinski definition) is 1.